The Morgan fingerprint density at radius 3 is 1.89 bits per heavy atom. The molecular formula is C26H20ClN5O3. The second-order valence-electron chi connectivity index (χ2n) is 7.73. The van der Waals surface area contributed by atoms with Crippen LogP contribution in [0.25, 0.3) is 11.4 Å². The maximum atomic E-state index is 11.5. The number of aryl methyl sites for hydroxylation is 1. The lowest BCUT2D eigenvalue weighted by molar-refractivity contribution is -0.00324. The van der Waals surface area contributed by atoms with Crippen molar-refractivity contribution in [1.82, 2.24) is 19.6 Å². The van der Waals surface area contributed by atoms with Crippen molar-refractivity contribution in [2.45, 2.75) is 13.2 Å². The minimum atomic E-state index is -1.01. The van der Waals surface area contributed by atoms with Crippen LogP contribution in [-0.4, -0.2) is 19.6 Å². The van der Waals surface area contributed by atoms with E-state index in [0.29, 0.717) is 22.3 Å². The zero-order valence-corrected chi connectivity index (χ0v) is 19.4. The van der Waals surface area contributed by atoms with Crippen LogP contribution < -0.4 is 9.47 Å². The standard InChI is InChI=1S/C26H20ClN5O3/c1-18-6-10-20(11-7-18)31-16-14-24(28-31)34-26(22-4-2-3-5-23(22)30-33)35-25-15-17-32(29-25)21-12-8-19(27)9-13-21/h2-17,26H,1H3. The second-order valence-corrected chi connectivity index (χ2v) is 8.16. The Hall–Kier alpha value is -4.43. The lowest BCUT2D eigenvalue weighted by Crippen LogP contribution is -2.16. The summed E-state index contributed by atoms with van der Waals surface area (Å²) in [7, 11) is 0. The van der Waals surface area contributed by atoms with E-state index in [1.165, 1.54) is 0 Å². The van der Waals surface area contributed by atoms with Crippen LogP contribution in [0, 0.1) is 11.8 Å². The molecule has 0 saturated carbocycles. The molecule has 2 heterocycles. The molecule has 0 radical (unpaired) electrons. The van der Waals surface area contributed by atoms with Crippen molar-refractivity contribution >= 4 is 17.3 Å². The summed E-state index contributed by atoms with van der Waals surface area (Å²) in [5, 5.41) is 12.7. The SMILES string of the molecule is Cc1ccc(-n2ccc(OC(Oc3ccn(-c4ccc(Cl)cc4)n3)c3ccccc3N=O)n2)cc1. The van der Waals surface area contributed by atoms with Gasteiger partial charge in [0.15, 0.2) is 0 Å². The molecule has 2 aromatic heterocycles. The molecule has 0 aliphatic heterocycles. The van der Waals surface area contributed by atoms with Gasteiger partial charge in [-0.05, 0) is 60.6 Å². The molecule has 0 amide bonds. The highest BCUT2D eigenvalue weighted by Crippen LogP contribution is 2.31. The van der Waals surface area contributed by atoms with E-state index >= 15 is 0 Å². The summed E-state index contributed by atoms with van der Waals surface area (Å²) in [5.41, 5.74) is 3.51. The van der Waals surface area contributed by atoms with Crippen molar-refractivity contribution < 1.29 is 9.47 Å². The molecule has 9 heteroatoms. The number of aromatic nitrogens is 4. The molecule has 1 unspecified atom stereocenters. The minimum absolute atomic E-state index is 0.201. The van der Waals surface area contributed by atoms with Crippen molar-refractivity contribution in [3.63, 3.8) is 0 Å². The minimum Gasteiger partial charge on any atom is -0.432 e. The van der Waals surface area contributed by atoms with Crippen molar-refractivity contribution in [3.8, 4) is 23.1 Å². The number of nitrogens with zero attached hydrogens (tertiary/aromatic N) is 5. The summed E-state index contributed by atoms with van der Waals surface area (Å²) in [6.45, 7) is 2.02. The van der Waals surface area contributed by atoms with E-state index in [-0.39, 0.29) is 5.69 Å². The molecule has 174 valence electrons. The van der Waals surface area contributed by atoms with Crippen molar-refractivity contribution in [1.29, 1.82) is 0 Å². The van der Waals surface area contributed by atoms with Crippen LogP contribution in [0.1, 0.15) is 17.4 Å². The van der Waals surface area contributed by atoms with E-state index in [1.54, 1.807) is 70.3 Å². The fourth-order valence-corrected chi connectivity index (χ4v) is 3.59. The molecule has 3 aromatic carbocycles. The Balaban J connectivity index is 1.43. The number of nitroso groups, excluding NO2 is 1. The highest BCUT2D eigenvalue weighted by molar-refractivity contribution is 6.30. The molecule has 8 nitrogen and oxygen atoms in total. The Bertz CT molecular complexity index is 1360. The molecule has 0 spiro atoms. The molecule has 0 fully saturated rings. The molecule has 0 bridgehead atoms. The third-order valence-electron chi connectivity index (χ3n) is 5.26. The van der Waals surface area contributed by atoms with E-state index in [0.717, 1.165) is 16.9 Å². The summed E-state index contributed by atoms with van der Waals surface area (Å²) < 4.78 is 15.5. The van der Waals surface area contributed by atoms with Gasteiger partial charge < -0.3 is 9.47 Å². The van der Waals surface area contributed by atoms with Crippen LogP contribution >= 0.6 is 11.6 Å². The lowest BCUT2D eigenvalue weighted by atomic mass is 10.2. The number of hydrogen-bond donors (Lipinski definition) is 0. The fraction of sp³-hybridized carbons (Fsp3) is 0.0769. The molecule has 35 heavy (non-hydrogen) atoms. The predicted molar refractivity (Wildman–Crippen MR) is 133 cm³/mol. The first-order valence-corrected chi connectivity index (χ1v) is 11.2. The van der Waals surface area contributed by atoms with E-state index in [4.69, 9.17) is 21.1 Å². The lowest BCUT2D eigenvalue weighted by Gasteiger charge is -2.18. The van der Waals surface area contributed by atoms with E-state index in [2.05, 4.69) is 15.4 Å². The van der Waals surface area contributed by atoms with Gasteiger partial charge in [-0.25, -0.2) is 9.36 Å². The van der Waals surface area contributed by atoms with E-state index < -0.39 is 6.29 Å². The van der Waals surface area contributed by atoms with E-state index in [1.807, 2.05) is 43.3 Å². The van der Waals surface area contributed by atoms with Crippen molar-refractivity contribution in [2.75, 3.05) is 0 Å². The molecule has 1 atom stereocenters. The first-order chi connectivity index (χ1) is 17.1. The zero-order valence-electron chi connectivity index (χ0n) is 18.7. The van der Waals surface area contributed by atoms with Crippen LogP contribution in [-0.2, 0) is 0 Å². The highest BCUT2D eigenvalue weighted by atomic mass is 35.5. The van der Waals surface area contributed by atoms with Gasteiger partial charge in [-0.2, -0.15) is 0 Å². The van der Waals surface area contributed by atoms with Gasteiger partial charge in [0, 0.05) is 29.5 Å². The average molecular weight is 486 g/mol. The van der Waals surface area contributed by atoms with Gasteiger partial charge in [-0.15, -0.1) is 15.1 Å². The van der Waals surface area contributed by atoms with Crippen LogP contribution in [0.15, 0.2) is 102 Å². The Morgan fingerprint density at radius 2 is 1.31 bits per heavy atom. The van der Waals surface area contributed by atoms with Crippen LogP contribution in [0.2, 0.25) is 5.02 Å². The van der Waals surface area contributed by atoms with Crippen molar-refractivity contribution in [2.24, 2.45) is 5.18 Å². The van der Waals surface area contributed by atoms with Gasteiger partial charge in [0.1, 0.15) is 5.69 Å². The van der Waals surface area contributed by atoms with Crippen LogP contribution in [0.5, 0.6) is 11.8 Å². The smallest absolute Gasteiger partial charge is 0.273 e. The normalized spacial score (nSPS) is 11.7. The quantitative estimate of drug-likeness (QED) is 0.183. The van der Waals surface area contributed by atoms with E-state index in [9.17, 15) is 4.91 Å². The zero-order chi connectivity index (χ0) is 24.2. The van der Waals surface area contributed by atoms with Gasteiger partial charge >= 0.3 is 0 Å². The van der Waals surface area contributed by atoms with Crippen LogP contribution in [0.4, 0.5) is 5.69 Å². The third-order valence-corrected chi connectivity index (χ3v) is 5.52. The number of halogens is 1. The first kappa shape index (κ1) is 22.4. The van der Waals surface area contributed by atoms with Crippen molar-refractivity contribution in [3.05, 3.63) is 118 Å². The Morgan fingerprint density at radius 1 is 0.771 bits per heavy atom. The number of benzene rings is 3. The number of rotatable bonds is 8. The monoisotopic (exact) mass is 485 g/mol. The Labute approximate surface area is 206 Å². The topological polar surface area (TPSA) is 83.5 Å². The number of hydrogen-bond acceptors (Lipinski definition) is 6. The maximum Gasteiger partial charge on any atom is 0.273 e. The van der Waals surface area contributed by atoms with Gasteiger partial charge in [0.05, 0.1) is 16.9 Å². The van der Waals surface area contributed by atoms with Gasteiger partial charge in [-0.3, -0.25) is 0 Å². The fourth-order valence-electron chi connectivity index (χ4n) is 3.46. The third kappa shape index (κ3) is 5.07. The van der Waals surface area contributed by atoms with Gasteiger partial charge in [0.2, 0.25) is 11.8 Å². The summed E-state index contributed by atoms with van der Waals surface area (Å²) >= 11 is 5.98. The molecule has 5 aromatic rings. The molecule has 0 saturated heterocycles. The molecule has 0 N–H and O–H groups in total. The second kappa shape index (κ2) is 9.82. The summed E-state index contributed by atoms with van der Waals surface area (Å²) in [5.74, 6) is 0.608. The molecule has 0 aliphatic rings. The summed E-state index contributed by atoms with van der Waals surface area (Å²) in [6, 6.07) is 25.4. The molecule has 0 aliphatic carbocycles. The van der Waals surface area contributed by atoms with Crippen LogP contribution in [0.3, 0.4) is 0 Å². The maximum absolute atomic E-state index is 11.5. The van der Waals surface area contributed by atoms with Gasteiger partial charge in [-0.1, -0.05) is 41.4 Å². The summed E-state index contributed by atoms with van der Waals surface area (Å²) in [4.78, 5) is 11.5. The highest BCUT2D eigenvalue weighted by Gasteiger charge is 2.22. The largest absolute Gasteiger partial charge is 0.432 e. The summed E-state index contributed by atoms with van der Waals surface area (Å²) in [6.07, 6.45) is 2.53. The van der Waals surface area contributed by atoms with Gasteiger partial charge in [0.25, 0.3) is 6.29 Å². The Kier molecular flexibility index (Phi) is 6.28. The number of ether oxygens (including phenoxy) is 2. The first-order valence-electron chi connectivity index (χ1n) is 10.8. The molecule has 5 rings (SSSR count). The molecular weight excluding hydrogens is 466 g/mol. The predicted octanol–water partition coefficient (Wildman–Crippen LogP) is 6.57. The average Bonchev–Trinajstić information content (AvgIpc) is 3.55.